The first-order valence-electron chi connectivity index (χ1n) is 6.35. The van der Waals surface area contributed by atoms with E-state index in [1.165, 1.54) is 5.56 Å². The Hall–Kier alpha value is -2.86. The summed E-state index contributed by atoms with van der Waals surface area (Å²) in [5.74, 6) is 0.813. The first-order valence-corrected chi connectivity index (χ1v) is 6.35. The molecule has 3 heteroatoms. The summed E-state index contributed by atoms with van der Waals surface area (Å²) in [5, 5.41) is 13.0. The molecule has 0 radical (unpaired) electrons. The van der Waals surface area contributed by atoms with Crippen LogP contribution < -0.4 is 0 Å². The van der Waals surface area contributed by atoms with Crippen LogP contribution in [-0.2, 0) is 6.42 Å². The lowest BCUT2D eigenvalue weighted by molar-refractivity contribution is 0.391. The average molecular weight is 260 g/mol. The van der Waals surface area contributed by atoms with Gasteiger partial charge in [-0.15, -0.1) is 0 Å². The van der Waals surface area contributed by atoms with Gasteiger partial charge < -0.3 is 4.52 Å². The van der Waals surface area contributed by atoms with Gasteiger partial charge in [0.1, 0.15) is 11.5 Å². The van der Waals surface area contributed by atoms with Crippen molar-refractivity contribution in [3.63, 3.8) is 0 Å². The van der Waals surface area contributed by atoms with Crippen LogP contribution in [0.25, 0.3) is 11.3 Å². The second kappa shape index (κ2) is 5.41. The normalized spacial score (nSPS) is 10.2. The van der Waals surface area contributed by atoms with Crippen molar-refractivity contribution in [1.29, 1.82) is 5.26 Å². The zero-order valence-electron chi connectivity index (χ0n) is 10.8. The fourth-order valence-corrected chi connectivity index (χ4v) is 2.08. The molecule has 3 nitrogen and oxygen atoms in total. The first-order chi connectivity index (χ1) is 9.85. The van der Waals surface area contributed by atoms with Crippen molar-refractivity contribution in [2.45, 2.75) is 6.42 Å². The SMILES string of the molecule is N#Cc1cccc(-c2cc(Cc3ccccc3)on2)c1. The van der Waals surface area contributed by atoms with Crippen molar-refractivity contribution >= 4 is 0 Å². The van der Waals surface area contributed by atoms with Gasteiger partial charge >= 0.3 is 0 Å². The second-order valence-electron chi connectivity index (χ2n) is 4.53. The summed E-state index contributed by atoms with van der Waals surface area (Å²) in [6.07, 6.45) is 0.714. The molecule has 0 N–H and O–H groups in total. The Morgan fingerprint density at radius 1 is 1.00 bits per heavy atom. The maximum atomic E-state index is 8.92. The average Bonchev–Trinajstić information content (AvgIpc) is 2.97. The Kier molecular flexibility index (Phi) is 3.30. The molecule has 20 heavy (non-hydrogen) atoms. The Labute approximate surface area is 117 Å². The topological polar surface area (TPSA) is 49.8 Å². The van der Waals surface area contributed by atoms with Gasteiger partial charge in [0.05, 0.1) is 11.6 Å². The van der Waals surface area contributed by atoms with E-state index in [0.29, 0.717) is 12.0 Å². The van der Waals surface area contributed by atoms with Gasteiger partial charge in [0, 0.05) is 18.1 Å². The third-order valence-corrected chi connectivity index (χ3v) is 3.07. The molecule has 96 valence electrons. The van der Waals surface area contributed by atoms with Crippen molar-refractivity contribution in [2.75, 3.05) is 0 Å². The van der Waals surface area contributed by atoms with Crippen LogP contribution >= 0.6 is 0 Å². The first kappa shape index (κ1) is 12.2. The lowest BCUT2D eigenvalue weighted by atomic mass is 10.1. The van der Waals surface area contributed by atoms with Gasteiger partial charge in [-0.05, 0) is 17.7 Å². The molecule has 1 heterocycles. The largest absolute Gasteiger partial charge is 0.360 e. The van der Waals surface area contributed by atoms with Crippen LogP contribution in [0.4, 0.5) is 0 Å². The summed E-state index contributed by atoms with van der Waals surface area (Å²) in [6.45, 7) is 0. The maximum Gasteiger partial charge on any atom is 0.141 e. The highest BCUT2D eigenvalue weighted by Crippen LogP contribution is 2.21. The standard InChI is InChI=1S/C17H12N2O/c18-12-14-7-4-8-15(9-14)17-11-16(20-19-17)10-13-5-2-1-3-6-13/h1-9,11H,10H2. The number of aromatic nitrogens is 1. The van der Waals surface area contributed by atoms with E-state index in [1.807, 2.05) is 42.5 Å². The predicted molar refractivity (Wildman–Crippen MR) is 75.9 cm³/mol. The molecule has 3 aromatic rings. The Morgan fingerprint density at radius 3 is 2.65 bits per heavy atom. The highest BCUT2D eigenvalue weighted by Gasteiger charge is 2.07. The molecule has 3 rings (SSSR count). The van der Waals surface area contributed by atoms with Crippen LogP contribution in [0.1, 0.15) is 16.9 Å². The van der Waals surface area contributed by atoms with Crippen molar-refractivity contribution in [1.82, 2.24) is 5.16 Å². The molecular weight excluding hydrogens is 248 g/mol. The summed E-state index contributed by atoms with van der Waals surface area (Å²) in [6, 6.07) is 21.5. The third kappa shape index (κ3) is 2.60. The second-order valence-corrected chi connectivity index (χ2v) is 4.53. The number of rotatable bonds is 3. The van der Waals surface area contributed by atoms with Crippen molar-refractivity contribution in [2.24, 2.45) is 0 Å². The molecule has 0 saturated heterocycles. The highest BCUT2D eigenvalue weighted by molar-refractivity contribution is 5.61. The van der Waals surface area contributed by atoms with Crippen LogP contribution in [0.3, 0.4) is 0 Å². The van der Waals surface area contributed by atoms with Crippen LogP contribution in [-0.4, -0.2) is 5.16 Å². The lowest BCUT2D eigenvalue weighted by Crippen LogP contribution is -1.83. The van der Waals surface area contributed by atoms with Gasteiger partial charge in [0.25, 0.3) is 0 Å². The summed E-state index contributed by atoms with van der Waals surface area (Å²) in [7, 11) is 0. The maximum absolute atomic E-state index is 8.92. The number of hydrogen-bond donors (Lipinski definition) is 0. The molecule has 2 aromatic carbocycles. The van der Waals surface area contributed by atoms with E-state index in [9.17, 15) is 0 Å². The van der Waals surface area contributed by atoms with E-state index in [4.69, 9.17) is 9.78 Å². The van der Waals surface area contributed by atoms with Crippen molar-refractivity contribution in [3.8, 4) is 17.3 Å². The summed E-state index contributed by atoms with van der Waals surface area (Å²) < 4.78 is 5.36. The summed E-state index contributed by atoms with van der Waals surface area (Å²) in [4.78, 5) is 0. The molecule has 0 unspecified atom stereocenters. The predicted octanol–water partition coefficient (Wildman–Crippen LogP) is 3.80. The van der Waals surface area contributed by atoms with Crippen molar-refractivity contribution in [3.05, 3.63) is 77.6 Å². The molecule has 0 spiro atoms. The Morgan fingerprint density at radius 2 is 1.85 bits per heavy atom. The Bertz CT molecular complexity index is 754. The zero-order valence-corrected chi connectivity index (χ0v) is 10.8. The van der Waals surface area contributed by atoms with E-state index in [2.05, 4.69) is 23.4 Å². The zero-order chi connectivity index (χ0) is 13.8. The molecule has 0 fully saturated rings. The minimum atomic E-state index is 0.620. The molecule has 0 aliphatic carbocycles. The molecule has 0 amide bonds. The van der Waals surface area contributed by atoms with Crippen LogP contribution in [0.5, 0.6) is 0 Å². The minimum Gasteiger partial charge on any atom is -0.360 e. The number of nitrogens with zero attached hydrogens (tertiary/aromatic N) is 2. The van der Waals surface area contributed by atoms with Crippen LogP contribution in [0.15, 0.2) is 65.2 Å². The smallest absolute Gasteiger partial charge is 0.141 e. The molecule has 0 aliphatic rings. The summed E-state index contributed by atoms with van der Waals surface area (Å²) >= 11 is 0. The summed E-state index contributed by atoms with van der Waals surface area (Å²) in [5.41, 5.74) is 3.45. The van der Waals surface area contributed by atoms with Crippen LogP contribution in [0.2, 0.25) is 0 Å². The fourth-order valence-electron chi connectivity index (χ4n) is 2.08. The Balaban J connectivity index is 1.85. The van der Waals surface area contributed by atoms with Gasteiger partial charge in [-0.2, -0.15) is 5.26 Å². The van der Waals surface area contributed by atoms with E-state index in [1.54, 1.807) is 6.07 Å². The van der Waals surface area contributed by atoms with Gasteiger partial charge in [-0.1, -0.05) is 47.6 Å². The molecule has 0 aliphatic heterocycles. The van der Waals surface area contributed by atoms with Gasteiger partial charge in [0.15, 0.2) is 0 Å². The highest BCUT2D eigenvalue weighted by atomic mass is 16.5. The molecule has 0 saturated carbocycles. The third-order valence-electron chi connectivity index (χ3n) is 3.07. The number of hydrogen-bond acceptors (Lipinski definition) is 3. The number of nitriles is 1. The van der Waals surface area contributed by atoms with Gasteiger partial charge in [0.2, 0.25) is 0 Å². The monoisotopic (exact) mass is 260 g/mol. The molecule has 0 bridgehead atoms. The molecule has 1 aromatic heterocycles. The van der Waals surface area contributed by atoms with E-state index in [0.717, 1.165) is 17.0 Å². The van der Waals surface area contributed by atoms with E-state index >= 15 is 0 Å². The lowest BCUT2D eigenvalue weighted by Gasteiger charge is -1.95. The molecule has 0 atom stereocenters. The van der Waals surface area contributed by atoms with Gasteiger partial charge in [-0.25, -0.2) is 0 Å². The minimum absolute atomic E-state index is 0.620. The number of benzene rings is 2. The molecular formula is C17H12N2O. The fraction of sp³-hybridized carbons (Fsp3) is 0.0588. The van der Waals surface area contributed by atoms with Crippen LogP contribution in [0, 0.1) is 11.3 Å². The van der Waals surface area contributed by atoms with Gasteiger partial charge in [-0.3, -0.25) is 0 Å². The quantitative estimate of drug-likeness (QED) is 0.719. The van der Waals surface area contributed by atoms with Crippen molar-refractivity contribution < 1.29 is 4.52 Å². The van der Waals surface area contributed by atoms with E-state index in [-0.39, 0.29) is 0 Å². The van der Waals surface area contributed by atoms with E-state index < -0.39 is 0 Å².